The van der Waals surface area contributed by atoms with E-state index in [1.54, 1.807) is 0 Å². The highest BCUT2D eigenvalue weighted by molar-refractivity contribution is 5.92. The minimum absolute atomic E-state index is 0.0728. The number of hydrogen-bond donors (Lipinski definition) is 2. The lowest BCUT2D eigenvalue weighted by Gasteiger charge is -2.32. The molecule has 3 rings (SSSR count). The van der Waals surface area contributed by atoms with Gasteiger partial charge in [-0.1, -0.05) is 50.6 Å². The van der Waals surface area contributed by atoms with Gasteiger partial charge in [-0.3, -0.25) is 9.48 Å². The number of amides is 1. The van der Waals surface area contributed by atoms with Crippen LogP contribution in [0.1, 0.15) is 67.3 Å². The molecule has 2 N–H and O–H groups in total. The van der Waals surface area contributed by atoms with E-state index in [9.17, 15) is 4.79 Å². The van der Waals surface area contributed by atoms with Crippen molar-refractivity contribution in [3.05, 3.63) is 53.3 Å². The number of nitrogens with one attached hydrogen (secondary N) is 2. The van der Waals surface area contributed by atoms with Crippen molar-refractivity contribution in [1.29, 1.82) is 0 Å². The average Bonchev–Trinajstić information content (AvgIpc) is 3.09. The topological polar surface area (TPSA) is 59.0 Å². The van der Waals surface area contributed by atoms with Crippen LogP contribution in [-0.4, -0.2) is 28.8 Å². The molecule has 140 valence electrons. The molecule has 0 aliphatic carbocycles. The molecule has 5 heteroatoms. The molecule has 1 fully saturated rings. The van der Waals surface area contributed by atoms with Gasteiger partial charge >= 0.3 is 0 Å². The van der Waals surface area contributed by atoms with Gasteiger partial charge in [0.25, 0.3) is 5.91 Å². The van der Waals surface area contributed by atoms with Crippen molar-refractivity contribution in [3.63, 3.8) is 0 Å². The van der Waals surface area contributed by atoms with Crippen molar-refractivity contribution >= 4 is 5.91 Å². The Labute approximate surface area is 156 Å². The highest BCUT2D eigenvalue weighted by Crippen LogP contribution is 2.33. The predicted molar refractivity (Wildman–Crippen MR) is 104 cm³/mol. The Balaban J connectivity index is 1.77. The third-order valence-electron chi connectivity index (χ3n) is 5.00. The zero-order valence-corrected chi connectivity index (χ0v) is 16.2. The van der Waals surface area contributed by atoms with Crippen LogP contribution in [0.15, 0.2) is 36.5 Å². The van der Waals surface area contributed by atoms with Crippen molar-refractivity contribution in [3.8, 4) is 0 Å². The normalized spacial score (nSPS) is 19.2. The Morgan fingerprint density at radius 2 is 2.15 bits per heavy atom. The third kappa shape index (κ3) is 4.33. The van der Waals surface area contributed by atoms with Gasteiger partial charge in [0.1, 0.15) is 5.69 Å². The smallest absolute Gasteiger partial charge is 0.272 e. The van der Waals surface area contributed by atoms with Crippen molar-refractivity contribution < 1.29 is 4.79 Å². The van der Waals surface area contributed by atoms with Gasteiger partial charge in [-0.25, -0.2) is 0 Å². The summed E-state index contributed by atoms with van der Waals surface area (Å²) in [4.78, 5) is 12.9. The number of hydrogen-bond acceptors (Lipinski definition) is 3. The fourth-order valence-electron chi connectivity index (χ4n) is 3.58. The molecule has 1 aromatic carbocycles. The van der Waals surface area contributed by atoms with Crippen molar-refractivity contribution in [1.82, 2.24) is 20.4 Å². The molecule has 1 aromatic heterocycles. The maximum absolute atomic E-state index is 12.9. The first kappa shape index (κ1) is 18.6. The Kier molecular flexibility index (Phi) is 5.47. The van der Waals surface area contributed by atoms with E-state index in [1.807, 2.05) is 23.0 Å². The summed E-state index contributed by atoms with van der Waals surface area (Å²) in [5.74, 6) is -0.117. The molecule has 2 aromatic rings. The fourth-order valence-corrected chi connectivity index (χ4v) is 3.58. The predicted octanol–water partition coefficient (Wildman–Crippen LogP) is 3.63. The van der Waals surface area contributed by atoms with Crippen molar-refractivity contribution in [2.24, 2.45) is 5.41 Å². The van der Waals surface area contributed by atoms with E-state index in [4.69, 9.17) is 0 Å². The molecule has 1 aliphatic rings. The summed E-state index contributed by atoms with van der Waals surface area (Å²) in [6.07, 6.45) is 4.17. The van der Waals surface area contributed by atoms with Crippen molar-refractivity contribution in [2.75, 3.05) is 13.1 Å². The maximum Gasteiger partial charge on any atom is 0.272 e. The second-order valence-corrected chi connectivity index (χ2v) is 8.37. The fraction of sp³-hybridized carbons (Fsp3) is 0.524. The molecular formula is C21H30N4O. The molecule has 1 saturated heterocycles. The van der Waals surface area contributed by atoms with Crippen LogP contribution in [0.4, 0.5) is 0 Å². The molecule has 0 radical (unpaired) electrons. The zero-order chi connectivity index (χ0) is 18.7. The Hall–Kier alpha value is -2.14. The van der Waals surface area contributed by atoms with Gasteiger partial charge in [0, 0.05) is 12.7 Å². The van der Waals surface area contributed by atoms with Gasteiger partial charge in [0.15, 0.2) is 0 Å². The largest absolute Gasteiger partial charge is 0.343 e. The second-order valence-electron chi connectivity index (χ2n) is 8.37. The first-order valence-corrected chi connectivity index (χ1v) is 9.48. The molecule has 2 heterocycles. The minimum Gasteiger partial charge on any atom is -0.343 e. The summed E-state index contributed by atoms with van der Waals surface area (Å²) in [5.41, 5.74) is 2.71. The second kappa shape index (κ2) is 7.62. The van der Waals surface area contributed by atoms with Crippen LogP contribution >= 0.6 is 0 Å². The monoisotopic (exact) mass is 354 g/mol. The zero-order valence-electron chi connectivity index (χ0n) is 16.2. The van der Waals surface area contributed by atoms with E-state index < -0.39 is 0 Å². The number of aryl methyl sites for hydroxylation is 1. The molecule has 0 bridgehead atoms. The van der Waals surface area contributed by atoms with E-state index in [2.05, 4.69) is 61.6 Å². The summed E-state index contributed by atoms with van der Waals surface area (Å²) in [7, 11) is 0. The van der Waals surface area contributed by atoms with Crippen LogP contribution in [0, 0.1) is 12.3 Å². The number of aromatic nitrogens is 2. The molecule has 1 amide bonds. The highest BCUT2D eigenvalue weighted by Gasteiger charge is 2.29. The lowest BCUT2D eigenvalue weighted by Crippen LogP contribution is -2.37. The van der Waals surface area contributed by atoms with Crippen LogP contribution in [0.25, 0.3) is 0 Å². The minimum atomic E-state index is -0.117. The van der Waals surface area contributed by atoms with E-state index in [1.165, 1.54) is 5.56 Å². The van der Waals surface area contributed by atoms with E-state index in [0.29, 0.717) is 11.7 Å². The average molecular weight is 354 g/mol. The van der Waals surface area contributed by atoms with Crippen LogP contribution in [-0.2, 0) is 0 Å². The van der Waals surface area contributed by atoms with Gasteiger partial charge in [-0.15, -0.1) is 0 Å². The number of piperidine rings is 1. The van der Waals surface area contributed by atoms with Crippen LogP contribution in [0.5, 0.6) is 0 Å². The molecule has 0 saturated carbocycles. The standard InChI is InChI=1S/C21H30N4O/c1-15-7-5-8-16(13-15)19(21(2,3)4)23-20(26)18-10-12-25(24-18)17-9-6-11-22-14-17/h5,7-8,10,12-13,17,19,22H,6,9,11,14H2,1-4H3,(H,23,26). The lowest BCUT2D eigenvalue weighted by atomic mass is 9.82. The molecule has 0 spiro atoms. The van der Waals surface area contributed by atoms with Crippen LogP contribution in [0.3, 0.4) is 0 Å². The third-order valence-corrected chi connectivity index (χ3v) is 5.00. The molecule has 2 atom stereocenters. The Morgan fingerprint density at radius 1 is 1.35 bits per heavy atom. The van der Waals surface area contributed by atoms with Gasteiger partial charge in [0.05, 0.1) is 12.1 Å². The van der Waals surface area contributed by atoms with E-state index >= 15 is 0 Å². The van der Waals surface area contributed by atoms with Gasteiger partial charge in [0.2, 0.25) is 0 Å². The van der Waals surface area contributed by atoms with Crippen molar-refractivity contribution in [2.45, 2.75) is 52.6 Å². The van der Waals surface area contributed by atoms with Crippen LogP contribution in [0.2, 0.25) is 0 Å². The number of carbonyl (C=O) groups excluding carboxylic acids is 1. The van der Waals surface area contributed by atoms with Gasteiger partial charge < -0.3 is 10.6 Å². The summed E-state index contributed by atoms with van der Waals surface area (Å²) >= 11 is 0. The maximum atomic E-state index is 12.9. The van der Waals surface area contributed by atoms with Gasteiger partial charge in [-0.05, 0) is 43.4 Å². The molecule has 5 nitrogen and oxygen atoms in total. The summed E-state index contributed by atoms with van der Waals surface area (Å²) in [5, 5.41) is 11.1. The van der Waals surface area contributed by atoms with Crippen LogP contribution < -0.4 is 10.6 Å². The molecular weight excluding hydrogens is 324 g/mol. The summed E-state index contributed by atoms with van der Waals surface area (Å²) < 4.78 is 1.93. The first-order chi connectivity index (χ1) is 12.3. The number of benzene rings is 1. The first-order valence-electron chi connectivity index (χ1n) is 9.48. The van der Waals surface area contributed by atoms with Gasteiger partial charge in [-0.2, -0.15) is 5.10 Å². The lowest BCUT2D eigenvalue weighted by molar-refractivity contribution is 0.0895. The highest BCUT2D eigenvalue weighted by atomic mass is 16.2. The SMILES string of the molecule is Cc1cccc(C(NC(=O)c2ccn(C3CCCNC3)n2)C(C)(C)C)c1. The Bertz CT molecular complexity index is 753. The van der Waals surface area contributed by atoms with E-state index in [0.717, 1.165) is 31.5 Å². The Morgan fingerprint density at radius 3 is 2.81 bits per heavy atom. The number of carbonyl (C=O) groups is 1. The molecule has 26 heavy (non-hydrogen) atoms. The summed E-state index contributed by atoms with van der Waals surface area (Å²) in [6, 6.07) is 10.4. The number of rotatable bonds is 4. The number of nitrogens with zero attached hydrogens (tertiary/aromatic N) is 2. The molecule has 1 aliphatic heterocycles. The molecule has 2 unspecified atom stereocenters. The quantitative estimate of drug-likeness (QED) is 0.881. The summed E-state index contributed by atoms with van der Waals surface area (Å²) in [6.45, 7) is 10.5. The van der Waals surface area contributed by atoms with E-state index in [-0.39, 0.29) is 17.4 Å².